The van der Waals surface area contributed by atoms with Crippen molar-refractivity contribution in [1.29, 1.82) is 0 Å². The average Bonchev–Trinajstić information content (AvgIpc) is 3.43. The largest absolute Gasteiger partial charge is 0.322 e. The number of rotatable bonds is 4. The van der Waals surface area contributed by atoms with E-state index in [1.807, 2.05) is 11.0 Å². The second-order valence-electron chi connectivity index (χ2n) is 7.98. The monoisotopic (exact) mass is 417 g/mol. The van der Waals surface area contributed by atoms with Crippen molar-refractivity contribution in [2.24, 2.45) is 5.92 Å². The summed E-state index contributed by atoms with van der Waals surface area (Å²) in [6, 6.07) is 9.04. The van der Waals surface area contributed by atoms with Gasteiger partial charge in [0, 0.05) is 18.3 Å². The lowest BCUT2D eigenvalue weighted by atomic mass is 10.1. The summed E-state index contributed by atoms with van der Waals surface area (Å²) in [4.78, 5) is 14.7. The van der Waals surface area contributed by atoms with Gasteiger partial charge < -0.3 is 10.2 Å². The highest BCUT2D eigenvalue weighted by Gasteiger charge is 2.48. The van der Waals surface area contributed by atoms with E-state index in [0.29, 0.717) is 16.7 Å². The summed E-state index contributed by atoms with van der Waals surface area (Å²) in [6.07, 6.45) is 5.01. The van der Waals surface area contributed by atoms with Gasteiger partial charge in [0.15, 0.2) is 0 Å². The number of nitrogens with zero attached hydrogens (tertiary/aromatic N) is 1. The van der Waals surface area contributed by atoms with Gasteiger partial charge in [-0.1, -0.05) is 12.1 Å². The number of hydrogen-bond acceptors (Lipinski definition) is 4. The number of likely N-dealkylation sites (tertiary alicyclic amines) is 1. The Labute approximate surface area is 169 Å². The number of sulfonamides is 1. The van der Waals surface area contributed by atoms with E-state index in [9.17, 15) is 13.2 Å². The zero-order chi connectivity index (χ0) is 19.3. The van der Waals surface area contributed by atoms with Crippen LogP contribution in [0.3, 0.4) is 0 Å². The van der Waals surface area contributed by atoms with Crippen LogP contribution in [0.1, 0.15) is 30.4 Å². The predicted octanol–water partition coefficient (Wildman–Crippen LogP) is 3.21. The molecule has 0 unspecified atom stereocenters. The number of hydrogen-bond donors (Lipinski definition) is 2. The van der Waals surface area contributed by atoms with Gasteiger partial charge in [-0.15, -0.1) is 11.3 Å². The molecule has 8 heteroatoms. The number of benzene rings is 1. The van der Waals surface area contributed by atoms with Crippen LogP contribution in [-0.2, 0) is 22.9 Å². The van der Waals surface area contributed by atoms with Gasteiger partial charge in [-0.25, -0.2) is 17.9 Å². The van der Waals surface area contributed by atoms with Crippen molar-refractivity contribution in [3.63, 3.8) is 0 Å². The number of carbonyl (C=O) groups excluding carboxylic acids is 1. The zero-order valence-corrected chi connectivity index (χ0v) is 17.1. The molecule has 2 aromatic rings. The molecule has 1 saturated carbocycles. The summed E-state index contributed by atoms with van der Waals surface area (Å²) in [5.41, 5.74) is 3.52. The maximum absolute atomic E-state index is 12.9. The minimum Gasteiger partial charge on any atom is -0.320 e. The highest BCUT2D eigenvalue weighted by molar-refractivity contribution is 7.91. The number of thiophene rings is 1. The molecule has 2 fully saturated rings. The summed E-state index contributed by atoms with van der Waals surface area (Å²) in [7, 11) is -3.53. The van der Waals surface area contributed by atoms with Gasteiger partial charge in [-0.05, 0) is 72.7 Å². The van der Waals surface area contributed by atoms with Crippen molar-refractivity contribution >= 4 is 33.1 Å². The number of amides is 2. The molecule has 2 bridgehead atoms. The van der Waals surface area contributed by atoms with E-state index in [2.05, 4.69) is 22.2 Å². The topological polar surface area (TPSA) is 78.5 Å². The standard InChI is InChI=1S/C20H23N3O3S2/c24-20(21-16-7-6-14-3-1-4-15(14)11-16)23-12-13-9-17(18(23)10-13)22-28(25,26)19-5-2-8-27-19/h2,5-8,11,13,17-18,22H,1,3-4,9-10,12H2,(H,21,24)/t13-,17+,18-/m1/s1. The van der Waals surface area contributed by atoms with E-state index in [1.165, 1.54) is 28.9 Å². The molecule has 6 nitrogen and oxygen atoms in total. The molecule has 3 aliphatic rings. The first kappa shape index (κ1) is 18.1. The summed E-state index contributed by atoms with van der Waals surface area (Å²) in [5, 5.41) is 4.78. The fraction of sp³-hybridized carbons (Fsp3) is 0.450. The number of nitrogens with one attached hydrogen (secondary N) is 2. The number of fused-ring (bicyclic) bond motifs is 3. The highest BCUT2D eigenvalue weighted by Crippen LogP contribution is 2.39. The molecular weight excluding hydrogens is 394 g/mol. The highest BCUT2D eigenvalue weighted by atomic mass is 32.2. The first-order valence-corrected chi connectivity index (χ1v) is 12.1. The Kier molecular flexibility index (Phi) is 4.45. The lowest BCUT2D eigenvalue weighted by Gasteiger charge is -2.33. The van der Waals surface area contributed by atoms with Crippen LogP contribution in [-0.4, -0.2) is 38.0 Å². The second-order valence-corrected chi connectivity index (χ2v) is 10.9. The van der Waals surface area contributed by atoms with Gasteiger partial charge in [-0.3, -0.25) is 0 Å². The lowest BCUT2D eigenvalue weighted by Crippen LogP contribution is -2.52. The molecule has 5 rings (SSSR count). The Hall–Kier alpha value is -1.90. The molecule has 28 heavy (non-hydrogen) atoms. The van der Waals surface area contributed by atoms with Crippen molar-refractivity contribution in [2.75, 3.05) is 11.9 Å². The fourth-order valence-corrected chi connectivity index (χ4v) is 7.20. The molecule has 1 aliphatic heterocycles. The molecule has 2 heterocycles. The zero-order valence-electron chi connectivity index (χ0n) is 15.4. The quantitative estimate of drug-likeness (QED) is 0.802. The smallest absolute Gasteiger partial charge is 0.320 e. The molecule has 2 N–H and O–H groups in total. The van der Waals surface area contributed by atoms with Gasteiger partial charge in [0.1, 0.15) is 4.21 Å². The summed E-state index contributed by atoms with van der Waals surface area (Å²) in [6.45, 7) is 0.693. The van der Waals surface area contributed by atoms with Gasteiger partial charge in [-0.2, -0.15) is 0 Å². The molecule has 0 radical (unpaired) electrons. The van der Waals surface area contributed by atoms with Crippen molar-refractivity contribution in [3.8, 4) is 0 Å². The third-order valence-electron chi connectivity index (χ3n) is 6.16. The maximum Gasteiger partial charge on any atom is 0.322 e. The number of aryl methyl sites for hydroxylation is 2. The Morgan fingerprint density at radius 3 is 2.79 bits per heavy atom. The van der Waals surface area contributed by atoms with Crippen LogP contribution in [0, 0.1) is 5.92 Å². The third kappa shape index (κ3) is 3.23. The van der Waals surface area contributed by atoms with Gasteiger partial charge in [0.05, 0.1) is 6.04 Å². The molecule has 148 valence electrons. The molecule has 2 aliphatic carbocycles. The van der Waals surface area contributed by atoms with E-state index in [0.717, 1.165) is 31.4 Å². The van der Waals surface area contributed by atoms with Crippen LogP contribution in [0.25, 0.3) is 0 Å². The number of urea groups is 1. The van der Waals surface area contributed by atoms with Crippen LogP contribution in [0.5, 0.6) is 0 Å². The van der Waals surface area contributed by atoms with E-state index in [4.69, 9.17) is 0 Å². The SMILES string of the molecule is O=C(Nc1ccc2c(c1)CCC2)N1C[C@@H]2C[C@H](NS(=O)(=O)c3cccs3)[C@H]1C2. The molecule has 1 aromatic heterocycles. The number of anilines is 1. The van der Waals surface area contributed by atoms with Crippen molar-refractivity contribution in [2.45, 2.75) is 48.4 Å². The summed E-state index contributed by atoms with van der Waals surface area (Å²) in [5.74, 6) is 0.354. The Morgan fingerprint density at radius 2 is 2.00 bits per heavy atom. The van der Waals surface area contributed by atoms with Crippen molar-refractivity contribution in [3.05, 3.63) is 46.8 Å². The molecule has 2 amide bonds. The summed E-state index contributed by atoms with van der Waals surface area (Å²) < 4.78 is 28.3. The second kappa shape index (κ2) is 6.86. The lowest BCUT2D eigenvalue weighted by molar-refractivity contribution is 0.183. The van der Waals surface area contributed by atoms with Gasteiger partial charge >= 0.3 is 6.03 Å². The Bertz CT molecular complexity index is 1000. The Morgan fingerprint density at radius 1 is 1.14 bits per heavy atom. The van der Waals surface area contributed by atoms with Gasteiger partial charge in [0.25, 0.3) is 0 Å². The van der Waals surface area contributed by atoms with E-state index >= 15 is 0 Å². The number of carbonyl (C=O) groups is 1. The normalized spacial score (nSPS) is 25.9. The van der Waals surface area contributed by atoms with E-state index in [-0.39, 0.29) is 18.1 Å². The molecule has 3 atom stereocenters. The minimum absolute atomic E-state index is 0.0887. The minimum atomic E-state index is -3.53. The maximum atomic E-state index is 12.9. The molecule has 1 saturated heterocycles. The first-order valence-electron chi connectivity index (χ1n) is 9.75. The first-order chi connectivity index (χ1) is 13.5. The van der Waals surface area contributed by atoms with Gasteiger partial charge in [0.2, 0.25) is 10.0 Å². The van der Waals surface area contributed by atoms with Crippen LogP contribution < -0.4 is 10.0 Å². The Balaban J connectivity index is 1.28. The molecular formula is C20H23N3O3S2. The average molecular weight is 418 g/mol. The van der Waals surface area contributed by atoms with Crippen LogP contribution in [0.4, 0.5) is 10.5 Å². The van der Waals surface area contributed by atoms with Crippen LogP contribution >= 0.6 is 11.3 Å². The molecule has 0 spiro atoms. The predicted molar refractivity (Wildman–Crippen MR) is 109 cm³/mol. The van der Waals surface area contributed by atoms with Crippen LogP contribution in [0.2, 0.25) is 0 Å². The van der Waals surface area contributed by atoms with Crippen molar-refractivity contribution in [1.82, 2.24) is 9.62 Å². The summed E-state index contributed by atoms with van der Waals surface area (Å²) >= 11 is 1.21. The van der Waals surface area contributed by atoms with E-state index < -0.39 is 10.0 Å². The van der Waals surface area contributed by atoms with Crippen molar-refractivity contribution < 1.29 is 13.2 Å². The third-order valence-corrected chi connectivity index (χ3v) is 9.05. The van der Waals surface area contributed by atoms with E-state index in [1.54, 1.807) is 17.5 Å². The fourth-order valence-electron chi connectivity index (χ4n) is 4.90. The molecule has 1 aromatic carbocycles. The van der Waals surface area contributed by atoms with Crippen LogP contribution in [0.15, 0.2) is 39.9 Å². The number of piperidine rings is 1.